The number of esters is 4. The van der Waals surface area contributed by atoms with Gasteiger partial charge in [0.25, 0.3) is 0 Å². The molecule has 404 valence electrons. The highest BCUT2D eigenvalue weighted by Gasteiger charge is 2.31. The third-order valence-corrected chi connectivity index (χ3v) is 14.8. The Kier molecular flexibility index (Phi) is 20.8. The summed E-state index contributed by atoms with van der Waals surface area (Å²) in [5.74, 6) is -2.34. The summed E-state index contributed by atoms with van der Waals surface area (Å²) in [4.78, 5) is 59.8. The monoisotopic (exact) mass is 1040 g/mol. The van der Waals surface area contributed by atoms with Crippen LogP contribution in [-0.2, 0) is 38.1 Å². The first kappa shape index (κ1) is 56.6. The molecule has 0 fully saturated rings. The number of rotatable bonds is 28. The molecule has 8 aromatic carbocycles. The van der Waals surface area contributed by atoms with Gasteiger partial charge in [0.1, 0.15) is 0 Å². The normalized spacial score (nSPS) is 12.2. The molecule has 0 spiro atoms. The molecule has 0 amide bonds. The van der Waals surface area contributed by atoms with Crippen LogP contribution in [-0.4, -0.2) is 50.3 Å². The second kappa shape index (κ2) is 28.7. The highest BCUT2D eigenvalue weighted by atomic mass is 16.5. The standard InChI is InChI=1S/C70H76O8/c1-5-9-13-21-45-75-67(71)63(59-37-25-31-49-29-17-19-33-51(49)59)65(69(73)77-47-23-15-11-7-3)61-39-27-35-53-55-42-44-58-54(56(55)41-43-57(53)61)36-28-40-62(58)66(70(74)78-48-24-16-12-8-4)64(68(72)76-46-22-14-10-6-2)60-38-26-32-50-30-18-20-34-52(50)60/h17-20,25-44H,5-16,21-24,45-48H2,1-4H3/b65-63-,66-64-. The molecule has 78 heavy (non-hydrogen) atoms. The van der Waals surface area contributed by atoms with E-state index >= 15 is 9.59 Å². The van der Waals surface area contributed by atoms with E-state index in [9.17, 15) is 9.59 Å². The highest BCUT2D eigenvalue weighted by molar-refractivity contribution is 6.42. The van der Waals surface area contributed by atoms with E-state index in [4.69, 9.17) is 18.9 Å². The average molecular weight is 1050 g/mol. The summed E-state index contributed by atoms with van der Waals surface area (Å²) < 4.78 is 24.6. The Morgan fingerprint density at radius 3 is 0.821 bits per heavy atom. The van der Waals surface area contributed by atoms with Crippen molar-refractivity contribution in [2.24, 2.45) is 0 Å². The summed E-state index contributed by atoms with van der Waals surface area (Å²) in [7, 11) is 0. The molecule has 0 N–H and O–H groups in total. The van der Waals surface area contributed by atoms with Gasteiger partial charge in [0.05, 0.1) is 48.7 Å². The first-order valence-electron chi connectivity index (χ1n) is 28.8. The Morgan fingerprint density at radius 1 is 0.256 bits per heavy atom. The third kappa shape index (κ3) is 13.4. The number of fused-ring (bicyclic) bond motifs is 7. The van der Waals surface area contributed by atoms with Crippen LogP contribution >= 0.6 is 0 Å². The summed E-state index contributed by atoms with van der Waals surface area (Å²) in [5.41, 5.74) is 2.90. The summed E-state index contributed by atoms with van der Waals surface area (Å²) in [6.45, 7) is 9.43. The number of carbonyl (C=O) groups excluding carboxylic acids is 4. The third-order valence-electron chi connectivity index (χ3n) is 14.8. The van der Waals surface area contributed by atoms with E-state index in [1.807, 2.05) is 146 Å². The number of ether oxygens (including phenoxy) is 4. The molecule has 0 heterocycles. The van der Waals surface area contributed by atoms with E-state index in [1.165, 1.54) is 0 Å². The number of hydrogen-bond acceptors (Lipinski definition) is 8. The van der Waals surface area contributed by atoms with Crippen molar-refractivity contribution in [1.82, 2.24) is 0 Å². The Labute approximate surface area is 460 Å². The maximum absolute atomic E-state index is 15.0. The minimum Gasteiger partial charge on any atom is -0.462 e. The molecule has 0 atom stereocenters. The minimum absolute atomic E-state index is 0.148. The molecule has 0 aliphatic heterocycles. The lowest BCUT2D eigenvalue weighted by Gasteiger charge is -2.20. The van der Waals surface area contributed by atoms with E-state index in [0.717, 1.165) is 131 Å². The number of hydrogen-bond donors (Lipinski definition) is 0. The van der Waals surface area contributed by atoms with Crippen molar-refractivity contribution in [2.75, 3.05) is 26.4 Å². The zero-order chi connectivity index (χ0) is 54.6. The van der Waals surface area contributed by atoms with Crippen LogP contribution in [0.2, 0.25) is 0 Å². The predicted molar refractivity (Wildman–Crippen MR) is 321 cm³/mol. The van der Waals surface area contributed by atoms with Crippen molar-refractivity contribution < 1.29 is 38.1 Å². The number of carbonyl (C=O) groups is 4. The lowest BCUT2D eigenvalue weighted by atomic mass is 9.86. The molecule has 8 aromatic rings. The van der Waals surface area contributed by atoms with Gasteiger partial charge in [0, 0.05) is 0 Å². The largest absolute Gasteiger partial charge is 0.462 e. The van der Waals surface area contributed by atoms with Gasteiger partial charge in [-0.15, -0.1) is 0 Å². The second-order valence-corrected chi connectivity index (χ2v) is 20.4. The van der Waals surface area contributed by atoms with E-state index < -0.39 is 23.9 Å². The average Bonchev–Trinajstić information content (AvgIpc) is 3.66. The topological polar surface area (TPSA) is 105 Å². The predicted octanol–water partition coefficient (Wildman–Crippen LogP) is 17.8. The maximum Gasteiger partial charge on any atom is 0.339 e. The van der Waals surface area contributed by atoms with Crippen molar-refractivity contribution in [3.05, 3.63) is 168 Å². The fourth-order valence-corrected chi connectivity index (χ4v) is 10.7. The van der Waals surface area contributed by atoms with Crippen LogP contribution < -0.4 is 0 Å². The van der Waals surface area contributed by atoms with Crippen molar-refractivity contribution >= 4 is 100 Å². The molecule has 0 aliphatic rings. The molecule has 0 bridgehead atoms. The van der Waals surface area contributed by atoms with Crippen LogP contribution in [0.25, 0.3) is 76.2 Å². The van der Waals surface area contributed by atoms with Gasteiger partial charge in [-0.25, -0.2) is 19.2 Å². The summed E-state index contributed by atoms with van der Waals surface area (Å²) in [5, 5.41) is 8.46. The van der Waals surface area contributed by atoms with Crippen LogP contribution in [0.1, 0.15) is 153 Å². The molecule has 0 aliphatic carbocycles. The van der Waals surface area contributed by atoms with Gasteiger partial charge in [0.2, 0.25) is 0 Å². The zero-order valence-electron chi connectivity index (χ0n) is 46.3. The molecule has 8 rings (SSSR count). The van der Waals surface area contributed by atoms with Gasteiger partial charge < -0.3 is 18.9 Å². The van der Waals surface area contributed by atoms with Crippen LogP contribution in [0, 0.1) is 0 Å². The van der Waals surface area contributed by atoms with Crippen LogP contribution in [0.4, 0.5) is 0 Å². The number of benzene rings is 8. The van der Waals surface area contributed by atoms with Crippen molar-refractivity contribution in [1.29, 1.82) is 0 Å². The van der Waals surface area contributed by atoms with Crippen LogP contribution in [0.15, 0.2) is 146 Å². The molecule has 0 saturated heterocycles. The Bertz CT molecular complexity index is 3210. The summed E-state index contributed by atoms with van der Waals surface area (Å²) in [6.07, 6.45) is 14.8. The fourth-order valence-electron chi connectivity index (χ4n) is 10.7. The van der Waals surface area contributed by atoms with Gasteiger partial charge in [-0.3, -0.25) is 0 Å². The highest BCUT2D eigenvalue weighted by Crippen LogP contribution is 2.42. The Morgan fingerprint density at radius 2 is 0.500 bits per heavy atom. The molecular formula is C70H76O8. The molecule has 0 saturated carbocycles. The molecule has 8 nitrogen and oxygen atoms in total. The summed E-state index contributed by atoms with van der Waals surface area (Å²) in [6, 6.07) is 47.1. The first-order chi connectivity index (χ1) is 38.3. The summed E-state index contributed by atoms with van der Waals surface area (Å²) >= 11 is 0. The van der Waals surface area contributed by atoms with Gasteiger partial charge in [0.15, 0.2) is 0 Å². The van der Waals surface area contributed by atoms with E-state index in [2.05, 4.69) is 27.7 Å². The maximum atomic E-state index is 15.0. The van der Waals surface area contributed by atoms with E-state index in [1.54, 1.807) is 0 Å². The molecular weight excluding hydrogens is 969 g/mol. The molecule has 8 heteroatoms. The SMILES string of the molecule is CCCCCCOC(=O)/C(=C(\C(=O)OCCCCCC)c1cccc2c1ccc1c3cccc(/C(C(=O)OCCCCCC)=C(/C(=O)OCCCCCC)c4cccc5ccccc45)c3ccc21)c1cccc2ccccc12. The van der Waals surface area contributed by atoms with E-state index in [0.29, 0.717) is 47.9 Å². The second-order valence-electron chi connectivity index (χ2n) is 20.4. The fraction of sp³-hybridized carbons (Fsp3) is 0.343. The molecule has 0 radical (unpaired) electrons. The van der Waals surface area contributed by atoms with E-state index in [-0.39, 0.29) is 48.7 Å². The minimum atomic E-state index is -0.592. The van der Waals surface area contributed by atoms with Crippen molar-refractivity contribution in [3.8, 4) is 0 Å². The quantitative estimate of drug-likeness (QED) is 0.0119. The smallest absolute Gasteiger partial charge is 0.339 e. The number of unbranched alkanes of at least 4 members (excludes halogenated alkanes) is 12. The molecule has 0 aromatic heterocycles. The van der Waals surface area contributed by atoms with Gasteiger partial charge in [-0.05, 0) is 102 Å². The Balaban J connectivity index is 1.34. The lowest BCUT2D eigenvalue weighted by Crippen LogP contribution is -2.17. The van der Waals surface area contributed by atoms with Crippen LogP contribution in [0.3, 0.4) is 0 Å². The van der Waals surface area contributed by atoms with Crippen molar-refractivity contribution in [3.63, 3.8) is 0 Å². The van der Waals surface area contributed by atoms with Gasteiger partial charge in [-0.1, -0.05) is 250 Å². The molecule has 0 unspecified atom stereocenters. The van der Waals surface area contributed by atoms with Gasteiger partial charge >= 0.3 is 23.9 Å². The Hall–Kier alpha value is -7.58. The first-order valence-corrected chi connectivity index (χ1v) is 28.8. The van der Waals surface area contributed by atoms with Crippen molar-refractivity contribution in [2.45, 2.75) is 130 Å². The van der Waals surface area contributed by atoms with Crippen LogP contribution in [0.5, 0.6) is 0 Å². The zero-order valence-corrected chi connectivity index (χ0v) is 46.3. The lowest BCUT2D eigenvalue weighted by molar-refractivity contribution is -0.139. The van der Waals surface area contributed by atoms with Gasteiger partial charge in [-0.2, -0.15) is 0 Å².